The fraction of sp³-hybridized carbons (Fsp3) is 0.357. The molecule has 2 rings (SSSR count). The fourth-order valence-corrected chi connectivity index (χ4v) is 1.70. The van der Waals surface area contributed by atoms with Crippen LogP contribution in [0.1, 0.15) is 26.3 Å². The molecule has 1 aromatic heterocycles. The third-order valence-corrected chi connectivity index (χ3v) is 2.77. The van der Waals surface area contributed by atoms with Crippen LogP contribution in [0.15, 0.2) is 30.5 Å². The summed E-state index contributed by atoms with van der Waals surface area (Å²) in [5.74, 6) is 0.665. The standard InChI is InChI=1S/C14H17NO/c1-14(2,3)12-6-5-10-9-15-13(16-4)8-11(10)7-12/h5-9H,1-4H3. The van der Waals surface area contributed by atoms with Gasteiger partial charge in [-0.25, -0.2) is 4.98 Å². The highest BCUT2D eigenvalue weighted by molar-refractivity contribution is 5.83. The molecule has 2 heteroatoms. The molecular weight excluding hydrogens is 198 g/mol. The van der Waals surface area contributed by atoms with Gasteiger partial charge in [-0.15, -0.1) is 0 Å². The van der Waals surface area contributed by atoms with E-state index < -0.39 is 0 Å². The first-order chi connectivity index (χ1) is 7.50. The molecule has 16 heavy (non-hydrogen) atoms. The van der Waals surface area contributed by atoms with Gasteiger partial charge in [0.05, 0.1) is 7.11 Å². The first kappa shape index (κ1) is 10.9. The Morgan fingerprint density at radius 1 is 1.06 bits per heavy atom. The van der Waals surface area contributed by atoms with Crippen LogP contribution in [0.25, 0.3) is 10.8 Å². The van der Waals surface area contributed by atoms with Gasteiger partial charge in [0.25, 0.3) is 0 Å². The van der Waals surface area contributed by atoms with Gasteiger partial charge in [0.2, 0.25) is 5.88 Å². The zero-order valence-electron chi connectivity index (χ0n) is 10.2. The minimum Gasteiger partial charge on any atom is -0.481 e. The van der Waals surface area contributed by atoms with Crippen molar-refractivity contribution in [2.24, 2.45) is 0 Å². The van der Waals surface area contributed by atoms with E-state index in [1.807, 2.05) is 12.3 Å². The molecule has 0 fully saturated rings. The van der Waals surface area contributed by atoms with Gasteiger partial charge in [0, 0.05) is 17.6 Å². The summed E-state index contributed by atoms with van der Waals surface area (Å²) in [6.45, 7) is 6.64. The third-order valence-electron chi connectivity index (χ3n) is 2.77. The van der Waals surface area contributed by atoms with Crippen molar-refractivity contribution in [1.82, 2.24) is 4.98 Å². The summed E-state index contributed by atoms with van der Waals surface area (Å²) in [5.41, 5.74) is 1.50. The van der Waals surface area contributed by atoms with Gasteiger partial charge < -0.3 is 4.74 Å². The SMILES string of the molecule is COc1cc2cc(C(C)(C)C)ccc2cn1. The first-order valence-corrected chi connectivity index (χ1v) is 5.45. The van der Waals surface area contributed by atoms with Crippen LogP contribution in [0.2, 0.25) is 0 Å². The lowest BCUT2D eigenvalue weighted by Gasteiger charge is -2.19. The van der Waals surface area contributed by atoms with E-state index in [9.17, 15) is 0 Å². The van der Waals surface area contributed by atoms with Crippen LogP contribution in [0.5, 0.6) is 5.88 Å². The zero-order chi connectivity index (χ0) is 11.8. The van der Waals surface area contributed by atoms with Crippen molar-refractivity contribution in [1.29, 1.82) is 0 Å². The average molecular weight is 215 g/mol. The van der Waals surface area contributed by atoms with Gasteiger partial charge >= 0.3 is 0 Å². The molecule has 2 nitrogen and oxygen atoms in total. The Kier molecular flexibility index (Phi) is 2.58. The van der Waals surface area contributed by atoms with E-state index in [-0.39, 0.29) is 5.41 Å². The summed E-state index contributed by atoms with van der Waals surface area (Å²) >= 11 is 0. The summed E-state index contributed by atoms with van der Waals surface area (Å²) in [4.78, 5) is 4.19. The van der Waals surface area contributed by atoms with E-state index in [1.54, 1.807) is 7.11 Å². The van der Waals surface area contributed by atoms with Crippen molar-refractivity contribution >= 4 is 10.8 Å². The number of fused-ring (bicyclic) bond motifs is 1. The Morgan fingerprint density at radius 3 is 2.44 bits per heavy atom. The van der Waals surface area contributed by atoms with Crippen LogP contribution in [-0.4, -0.2) is 12.1 Å². The number of hydrogen-bond acceptors (Lipinski definition) is 2. The Balaban J connectivity index is 2.59. The molecule has 0 N–H and O–H groups in total. The van der Waals surface area contributed by atoms with Crippen LogP contribution in [0, 0.1) is 0 Å². The molecule has 0 aliphatic carbocycles. The Bertz CT molecular complexity index is 512. The molecule has 0 aliphatic rings. The van der Waals surface area contributed by atoms with Crippen LogP contribution in [-0.2, 0) is 5.41 Å². The van der Waals surface area contributed by atoms with Crippen molar-refractivity contribution in [3.63, 3.8) is 0 Å². The minimum absolute atomic E-state index is 0.171. The van der Waals surface area contributed by atoms with Crippen molar-refractivity contribution in [3.05, 3.63) is 36.0 Å². The van der Waals surface area contributed by atoms with E-state index >= 15 is 0 Å². The third kappa shape index (κ3) is 2.01. The minimum atomic E-state index is 0.171. The second-order valence-electron chi connectivity index (χ2n) is 5.04. The number of aromatic nitrogens is 1. The number of pyridine rings is 1. The highest BCUT2D eigenvalue weighted by atomic mass is 16.5. The second-order valence-corrected chi connectivity index (χ2v) is 5.04. The lowest BCUT2D eigenvalue weighted by atomic mass is 9.86. The molecule has 1 aromatic carbocycles. The number of rotatable bonds is 1. The summed E-state index contributed by atoms with van der Waals surface area (Å²) < 4.78 is 5.14. The molecule has 0 spiro atoms. The lowest BCUT2D eigenvalue weighted by Crippen LogP contribution is -2.10. The maximum absolute atomic E-state index is 5.14. The van der Waals surface area contributed by atoms with E-state index in [4.69, 9.17) is 4.74 Å². The van der Waals surface area contributed by atoms with E-state index in [0.717, 1.165) is 5.39 Å². The van der Waals surface area contributed by atoms with Crippen LogP contribution < -0.4 is 4.74 Å². The number of benzene rings is 1. The molecule has 0 atom stereocenters. The van der Waals surface area contributed by atoms with Crippen molar-refractivity contribution in [2.75, 3.05) is 7.11 Å². The van der Waals surface area contributed by atoms with E-state index in [2.05, 4.69) is 44.0 Å². The largest absolute Gasteiger partial charge is 0.481 e. The van der Waals surface area contributed by atoms with Gasteiger partial charge in [0.1, 0.15) is 0 Å². The van der Waals surface area contributed by atoms with Crippen LogP contribution >= 0.6 is 0 Å². The van der Waals surface area contributed by atoms with Crippen molar-refractivity contribution in [3.8, 4) is 5.88 Å². The highest BCUT2D eigenvalue weighted by Gasteiger charge is 2.13. The normalized spacial score (nSPS) is 11.8. The lowest BCUT2D eigenvalue weighted by molar-refractivity contribution is 0.399. The van der Waals surface area contributed by atoms with Gasteiger partial charge in [-0.05, 0) is 16.4 Å². The number of methoxy groups -OCH3 is 1. The maximum atomic E-state index is 5.14. The summed E-state index contributed by atoms with van der Waals surface area (Å²) in [6, 6.07) is 8.46. The van der Waals surface area contributed by atoms with Gasteiger partial charge in [0.15, 0.2) is 0 Å². The Morgan fingerprint density at radius 2 is 1.81 bits per heavy atom. The summed E-state index contributed by atoms with van der Waals surface area (Å²) in [6.07, 6.45) is 1.85. The van der Waals surface area contributed by atoms with Gasteiger partial charge in [-0.2, -0.15) is 0 Å². The van der Waals surface area contributed by atoms with Gasteiger partial charge in [-0.3, -0.25) is 0 Å². The number of hydrogen-bond donors (Lipinski definition) is 0. The predicted molar refractivity (Wildman–Crippen MR) is 67.0 cm³/mol. The molecule has 0 bridgehead atoms. The van der Waals surface area contributed by atoms with E-state index in [0.29, 0.717) is 5.88 Å². The Hall–Kier alpha value is -1.57. The van der Waals surface area contributed by atoms with Crippen LogP contribution in [0.4, 0.5) is 0 Å². The number of ether oxygens (including phenoxy) is 1. The van der Waals surface area contributed by atoms with Crippen molar-refractivity contribution < 1.29 is 4.74 Å². The summed E-state index contributed by atoms with van der Waals surface area (Å²) in [5, 5.41) is 2.33. The smallest absolute Gasteiger partial charge is 0.213 e. The predicted octanol–water partition coefficient (Wildman–Crippen LogP) is 3.54. The van der Waals surface area contributed by atoms with Crippen molar-refractivity contribution in [2.45, 2.75) is 26.2 Å². The molecule has 0 radical (unpaired) electrons. The molecule has 0 amide bonds. The molecular formula is C14H17NO. The molecule has 0 unspecified atom stereocenters. The van der Waals surface area contributed by atoms with E-state index in [1.165, 1.54) is 10.9 Å². The second kappa shape index (κ2) is 3.78. The summed E-state index contributed by atoms with van der Waals surface area (Å²) in [7, 11) is 1.64. The molecule has 0 aliphatic heterocycles. The average Bonchev–Trinajstić information content (AvgIpc) is 2.26. The monoisotopic (exact) mass is 215 g/mol. The molecule has 0 saturated carbocycles. The van der Waals surface area contributed by atoms with Gasteiger partial charge in [-0.1, -0.05) is 39.0 Å². The fourth-order valence-electron chi connectivity index (χ4n) is 1.70. The molecule has 0 saturated heterocycles. The zero-order valence-corrected chi connectivity index (χ0v) is 10.2. The topological polar surface area (TPSA) is 22.1 Å². The first-order valence-electron chi connectivity index (χ1n) is 5.45. The number of nitrogens with zero attached hydrogens (tertiary/aromatic N) is 1. The molecule has 2 aromatic rings. The highest BCUT2D eigenvalue weighted by Crippen LogP contribution is 2.26. The maximum Gasteiger partial charge on any atom is 0.213 e. The quantitative estimate of drug-likeness (QED) is 0.726. The molecule has 1 heterocycles. The Labute approximate surface area is 96.3 Å². The molecule has 84 valence electrons. The van der Waals surface area contributed by atoms with Crippen LogP contribution in [0.3, 0.4) is 0 Å².